The molecule has 14 heavy (non-hydrogen) atoms. The summed E-state index contributed by atoms with van der Waals surface area (Å²) in [6, 6.07) is 6.01. The lowest BCUT2D eigenvalue weighted by molar-refractivity contribution is 0.402. The molecule has 2 aromatic heterocycles. The second kappa shape index (κ2) is 3.62. The van der Waals surface area contributed by atoms with E-state index < -0.39 is 0 Å². The molecule has 0 radical (unpaired) electrons. The molecule has 0 aliphatic rings. The van der Waals surface area contributed by atoms with Crippen LogP contribution >= 0.6 is 0 Å². The summed E-state index contributed by atoms with van der Waals surface area (Å²) in [6.45, 7) is 2.08. The number of fused-ring (bicyclic) bond motifs is 1. The largest absolute Gasteiger partial charge is 0.479 e. The average molecular weight is 188 g/mol. The van der Waals surface area contributed by atoms with E-state index in [1.54, 1.807) is 13.3 Å². The van der Waals surface area contributed by atoms with E-state index in [1.165, 1.54) is 0 Å². The van der Waals surface area contributed by atoms with Crippen molar-refractivity contribution in [1.82, 2.24) is 9.97 Å². The third-order valence-corrected chi connectivity index (χ3v) is 2.19. The van der Waals surface area contributed by atoms with Crippen LogP contribution in [0.1, 0.15) is 12.6 Å². The van der Waals surface area contributed by atoms with Crippen LogP contribution < -0.4 is 4.74 Å². The van der Waals surface area contributed by atoms with Gasteiger partial charge in [-0.2, -0.15) is 0 Å². The van der Waals surface area contributed by atoms with E-state index in [0.717, 1.165) is 23.0 Å². The molecule has 2 rings (SSSR count). The van der Waals surface area contributed by atoms with Crippen molar-refractivity contribution in [3.8, 4) is 5.88 Å². The molecule has 3 heteroatoms. The number of hydrogen-bond acceptors (Lipinski definition) is 3. The quantitative estimate of drug-likeness (QED) is 0.724. The van der Waals surface area contributed by atoms with Gasteiger partial charge in [0.1, 0.15) is 5.52 Å². The van der Waals surface area contributed by atoms with Crippen molar-refractivity contribution in [1.29, 1.82) is 0 Å². The molecule has 0 fully saturated rings. The van der Waals surface area contributed by atoms with E-state index in [1.807, 2.05) is 18.2 Å². The zero-order valence-electron chi connectivity index (χ0n) is 8.32. The molecule has 0 spiro atoms. The van der Waals surface area contributed by atoms with Crippen molar-refractivity contribution in [2.75, 3.05) is 7.11 Å². The molecule has 0 amide bonds. The van der Waals surface area contributed by atoms with Gasteiger partial charge in [-0.3, -0.25) is 0 Å². The zero-order chi connectivity index (χ0) is 9.97. The smallest absolute Gasteiger partial charge is 0.240 e. The zero-order valence-corrected chi connectivity index (χ0v) is 8.32. The minimum Gasteiger partial charge on any atom is -0.479 e. The molecule has 2 heterocycles. The van der Waals surface area contributed by atoms with E-state index >= 15 is 0 Å². The molecular formula is C11H12N2O. The molecule has 0 saturated carbocycles. The van der Waals surface area contributed by atoms with E-state index in [0.29, 0.717) is 5.88 Å². The van der Waals surface area contributed by atoms with Crippen LogP contribution in [0.15, 0.2) is 24.4 Å². The van der Waals surface area contributed by atoms with Crippen LogP contribution in [0.5, 0.6) is 5.88 Å². The van der Waals surface area contributed by atoms with Gasteiger partial charge in [0.05, 0.1) is 7.11 Å². The fraction of sp³-hybridized carbons (Fsp3) is 0.273. The Morgan fingerprint density at radius 1 is 1.29 bits per heavy atom. The van der Waals surface area contributed by atoms with Crippen LogP contribution in [-0.2, 0) is 6.42 Å². The highest BCUT2D eigenvalue weighted by atomic mass is 16.5. The first-order valence-electron chi connectivity index (χ1n) is 4.63. The monoisotopic (exact) mass is 188 g/mol. The lowest BCUT2D eigenvalue weighted by atomic mass is 10.2. The number of ether oxygens (including phenoxy) is 1. The van der Waals surface area contributed by atoms with Crippen molar-refractivity contribution in [3.63, 3.8) is 0 Å². The average Bonchev–Trinajstić information content (AvgIpc) is 2.27. The van der Waals surface area contributed by atoms with Crippen molar-refractivity contribution in [2.45, 2.75) is 13.3 Å². The Labute approximate surface area is 82.8 Å². The summed E-state index contributed by atoms with van der Waals surface area (Å²) in [5.41, 5.74) is 1.90. The topological polar surface area (TPSA) is 35.0 Å². The van der Waals surface area contributed by atoms with Gasteiger partial charge >= 0.3 is 0 Å². The number of aromatic nitrogens is 2. The van der Waals surface area contributed by atoms with E-state index in [2.05, 4.69) is 16.9 Å². The molecule has 0 saturated heterocycles. The summed E-state index contributed by atoms with van der Waals surface area (Å²) < 4.78 is 5.15. The Kier molecular flexibility index (Phi) is 2.31. The SMILES string of the molecule is CCc1ccc2ccnc(OC)c2n1. The number of aryl methyl sites for hydroxylation is 1. The Balaban J connectivity index is 2.70. The normalized spacial score (nSPS) is 10.4. The fourth-order valence-electron chi connectivity index (χ4n) is 1.41. The van der Waals surface area contributed by atoms with Gasteiger partial charge in [-0.1, -0.05) is 13.0 Å². The number of hydrogen-bond donors (Lipinski definition) is 0. The van der Waals surface area contributed by atoms with Gasteiger partial charge in [0, 0.05) is 17.3 Å². The van der Waals surface area contributed by atoms with Crippen molar-refractivity contribution in [3.05, 3.63) is 30.1 Å². The number of methoxy groups -OCH3 is 1. The third-order valence-electron chi connectivity index (χ3n) is 2.19. The molecule has 0 unspecified atom stereocenters. The first-order valence-corrected chi connectivity index (χ1v) is 4.63. The summed E-state index contributed by atoms with van der Waals surface area (Å²) in [6.07, 6.45) is 2.66. The summed E-state index contributed by atoms with van der Waals surface area (Å²) in [7, 11) is 1.61. The van der Waals surface area contributed by atoms with Crippen LogP contribution in [-0.4, -0.2) is 17.1 Å². The van der Waals surface area contributed by atoms with Crippen LogP contribution in [0.25, 0.3) is 10.9 Å². The van der Waals surface area contributed by atoms with Crippen LogP contribution in [0, 0.1) is 0 Å². The van der Waals surface area contributed by atoms with Gasteiger partial charge in [0.25, 0.3) is 0 Å². The van der Waals surface area contributed by atoms with Gasteiger partial charge in [0.2, 0.25) is 5.88 Å². The number of pyridine rings is 2. The molecule has 0 aliphatic heterocycles. The highest BCUT2D eigenvalue weighted by molar-refractivity contribution is 5.82. The van der Waals surface area contributed by atoms with Crippen LogP contribution in [0.4, 0.5) is 0 Å². The van der Waals surface area contributed by atoms with Gasteiger partial charge in [0.15, 0.2) is 0 Å². The van der Waals surface area contributed by atoms with E-state index in [4.69, 9.17) is 4.74 Å². The van der Waals surface area contributed by atoms with Crippen molar-refractivity contribution >= 4 is 10.9 Å². The van der Waals surface area contributed by atoms with Gasteiger partial charge in [-0.25, -0.2) is 9.97 Å². The molecule has 3 nitrogen and oxygen atoms in total. The highest BCUT2D eigenvalue weighted by Gasteiger charge is 2.03. The summed E-state index contributed by atoms with van der Waals surface area (Å²) in [5, 5.41) is 1.06. The Morgan fingerprint density at radius 3 is 2.86 bits per heavy atom. The molecule has 0 bridgehead atoms. The predicted molar refractivity (Wildman–Crippen MR) is 55.5 cm³/mol. The van der Waals surface area contributed by atoms with Crippen molar-refractivity contribution < 1.29 is 4.74 Å². The van der Waals surface area contributed by atoms with E-state index in [-0.39, 0.29) is 0 Å². The van der Waals surface area contributed by atoms with Gasteiger partial charge in [-0.05, 0) is 18.6 Å². The Morgan fingerprint density at radius 2 is 2.14 bits per heavy atom. The van der Waals surface area contributed by atoms with Gasteiger partial charge < -0.3 is 4.74 Å². The molecule has 0 aliphatic carbocycles. The second-order valence-electron chi connectivity index (χ2n) is 3.05. The number of nitrogens with zero attached hydrogens (tertiary/aromatic N) is 2. The maximum atomic E-state index is 5.15. The minimum absolute atomic E-state index is 0.595. The first-order chi connectivity index (χ1) is 6.85. The Hall–Kier alpha value is -1.64. The predicted octanol–water partition coefficient (Wildman–Crippen LogP) is 2.20. The van der Waals surface area contributed by atoms with Gasteiger partial charge in [-0.15, -0.1) is 0 Å². The number of rotatable bonds is 2. The third kappa shape index (κ3) is 1.41. The summed E-state index contributed by atoms with van der Waals surface area (Å²) >= 11 is 0. The van der Waals surface area contributed by atoms with Crippen LogP contribution in [0.2, 0.25) is 0 Å². The van der Waals surface area contributed by atoms with Crippen molar-refractivity contribution in [2.24, 2.45) is 0 Å². The highest BCUT2D eigenvalue weighted by Crippen LogP contribution is 2.20. The maximum absolute atomic E-state index is 5.15. The lowest BCUT2D eigenvalue weighted by Gasteiger charge is -2.04. The standard InChI is InChI=1S/C11H12N2O/c1-3-9-5-4-8-6-7-12-11(14-2)10(8)13-9/h4-7H,3H2,1-2H3. The van der Waals surface area contributed by atoms with E-state index in [9.17, 15) is 0 Å². The first kappa shape index (κ1) is 8.94. The Bertz CT molecular complexity index is 454. The fourth-order valence-corrected chi connectivity index (χ4v) is 1.41. The minimum atomic E-state index is 0.595. The maximum Gasteiger partial charge on any atom is 0.240 e. The summed E-state index contributed by atoms with van der Waals surface area (Å²) in [4.78, 5) is 8.59. The molecule has 0 atom stereocenters. The second-order valence-corrected chi connectivity index (χ2v) is 3.05. The molecular weight excluding hydrogens is 176 g/mol. The lowest BCUT2D eigenvalue weighted by Crippen LogP contribution is -1.93. The molecule has 2 aromatic rings. The summed E-state index contributed by atoms with van der Waals surface area (Å²) in [5.74, 6) is 0.595. The molecule has 72 valence electrons. The molecule has 0 N–H and O–H groups in total. The molecule has 0 aromatic carbocycles. The van der Waals surface area contributed by atoms with Crippen LogP contribution in [0.3, 0.4) is 0 Å².